The molecule has 0 aliphatic carbocycles. The number of rotatable bonds is 3. The van der Waals surface area contributed by atoms with Gasteiger partial charge >= 0.3 is 6.03 Å². The molecule has 1 fully saturated rings. The predicted octanol–water partition coefficient (Wildman–Crippen LogP) is 2.26. The van der Waals surface area contributed by atoms with E-state index in [0.717, 1.165) is 9.37 Å². The largest absolute Gasteiger partial charge is 0.454 e. The zero-order valence-corrected chi connectivity index (χ0v) is 12.5. The quantitative estimate of drug-likeness (QED) is 0.515. The number of amides is 3. The van der Waals surface area contributed by atoms with Gasteiger partial charge < -0.3 is 14.8 Å². The van der Waals surface area contributed by atoms with Crippen LogP contribution in [0.4, 0.5) is 4.79 Å². The standard InChI is InChI=1S/C14H11BrN2O4/c1-2-3-17-13(18)10(16-14(17)19)4-8-5-11-12(6-9(8)15)21-7-20-11/h2,4-6H,1,3,7H2,(H,16,19)/b10-4-. The van der Waals surface area contributed by atoms with Gasteiger partial charge in [0, 0.05) is 11.0 Å². The van der Waals surface area contributed by atoms with E-state index < -0.39 is 6.03 Å². The number of nitrogens with zero attached hydrogens (tertiary/aromatic N) is 1. The third kappa shape index (κ3) is 2.40. The van der Waals surface area contributed by atoms with Crippen molar-refractivity contribution >= 4 is 33.9 Å². The maximum absolute atomic E-state index is 12.1. The van der Waals surface area contributed by atoms with Gasteiger partial charge in [0.1, 0.15) is 5.70 Å². The minimum absolute atomic E-state index is 0.171. The highest BCUT2D eigenvalue weighted by Crippen LogP contribution is 2.37. The molecule has 3 rings (SSSR count). The summed E-state index contributed by atoms with van der Waals surface area (Å²) in [4.78, 5) is 24.9. The van der Waals surface area contributed by atoms with Gasteiger partial charge in [-0.15, -0.1) is 6.58 Å². The molecule has 7 heteroatoms. The number of halogens is 1. The Labute approximate surface area is 129 Å². The second-order valence-corrected chi connectivity index (χ2v) is 5.27. The van der Waals surface area contributed by atoms with Crippen molar-refractivity contribution in [2.75, 3.05) is 13.3 Å². The summed E-state index contributed by atoms with van der Waals surface area (Å²) < 4.78 is 11.3. The third-order valence-corrected chi connectivity index (χ3v) is 3.75. The second-order valence-electron chi connectivity index (χ2n) is 4.42. The van der Waals surface area contributed by atoms with Gasteiger partial charge in [-0.2, -0.15) is 0 Å². The van der Waals surface area contributed by atoms with Gasteiger partial charge in [0.25, 0.3) is 5.91 Å². The minimum atomic E-state index is -0.456. The van der Waals surface area contributed by atoms with Crippen LogP contribution in [0, 0.1) is 0 Å². The molecule has 6 nitrogen and oxygen atoms in total. The average molecular weight is 351 g/mol. The Balaban J connectivity index is 1.94. The van der Waals surface area contributed by atoms with Crippen LogP contribution in [0.3, 0.4) is 0 Å². The first-order chi connectivity index (χ1) is 10.1. The molecular weight excluding hydrogens is 340 g/mol. The molecule has 0 spiro atoms. The number of benzene rings is 1. The van der Waals surface area contributed by atoms with Crippen LogP contribution in [0.25, 0.3) is 6.08 Å². The maximum Gasteiger partial charge on any atom is 0.329 e. The molecule has 0 aromatic heterocycles. The van der Waals surface area contributed by atoms with E-state index in [1.807, 2.05) is 0 Å². The molecule has 2 aliphatic rings. The summed E-state index contributed by atoms with van der Waals surface area (Å²) in [5.41, 5.74) is 0.921. The third-order valence-electron chi connectivity index (χ3n) is 3.07. The Kier molecular flexibility index (Phi) is 3.42. The zero-order chi connectivity index (χ0) is 15.0. The molecule has 108 valence electrons. The van der Waals surface area contributed by atoms with E-state index in [4.69, 9.17) is 9.47 Å². The molecule has 2 aliphatic heterocycles. The number of fused-ring (bicyclic) bond motifs is 1. The molecule has 0 unspecified atom stereocenters. The molecule has 0 atom stereocenters. The number of carbonyl (C=O) groups excluding carboxylic acids is 2. The number of imide groups is 1. The molecular formula is C14H11BrN2O4. The van der Waals surface area contributed by atoms with Crippen molar-refractivity contribution in [1.82, 2.24) is 10.2 Å². The number of nitrogens with one attached hydrogen (secondary N) is 1. The summed E-state index contributed by atoms with van der Waals surface area (Å²) in [6, 6.07) is 3.05. The van der Waals surface area contributed by atoms with Gasteiger partial charge in [0.15, 0.2) is 11.5 Å². The fourth-order valence-corrected chi connectivity index (χ4v) is 2.50. The van der Waals surface area contributed by atoms with Crippen molar-refractivity contribution in [3.05, 3.63) is 40.5 Å². The average Bonchev–Trinajstić information content (AvgIpc) is 2.99. The van der Waals surface area contributed by atoms with Crippen molar-refractivity contribution in [3.63, 3.8) is 0 Å². The van der Waals surface area contributed by atoms with E-state index >= 15 is 0 Å². The number of hydrogen-bond acceptors (Lipinski definition) is 4. The lowest BCUT2D eigenvalue weighted by Crippen LogP contribution is -2.30. The first kappa shape index (κ1) is 13.7. The van der Waals surface area contributed by atoms with Crippen molar-refractivity contribution < 1.29 is 19.1 Å². The Morgan fingerprint density at radius 3 is 2.76 bits per heavy atom. The van der Waals surface area contributed by atoms with Gasteiger partial charge in [0.2, 0.25) is 6.79 Å². The predicted molar refractivity (Wildman–Crippen MR) is 78.7 cm³/mol. The van der Waals surface area contributed by atoms with Crippen molar-refractivity contribution in [2.24, 2.45) is 0 Å². The fourth-order valence-electron chi connectivity index (χ4n) is 2.07. The monoisotopic (exact) mass is 350 g/mol. The van der Waals surface area contributed by atoms with Crippen molar-refractivity contribution in [3.8, 4) is 11.5 Å². The summed E-state index contributed by atoms with van der Waals surface area (Å²) in [5, 5.41) is 2.54. The van der Waals surface area contributed by atoms with Crippen LogP contribution in [-0.2, 0) is 4.79 Å². The Morgan fingerprint density at radius 1 is 1.33 bits per heavy atom. The molecule has 3 amide bonds. The summed E-state index contributed by atoms with van der Waals surface area (Å²) in [5.74, 6) is 0.855. The smallest absolute Gasteiger partial charge is 0.329 e. The molecule has 0 saturated carbocycles. The summed E-state index contributed by atoms with van der Waals surface area (Å²) in [6.45, 7) is 3.87. The molecule has 0 bridgehead atoms. The van der Waals surface area contributed by atoms with E-state index in [-0.39, 0.29) is 24.9 Å². The van der Waals surface area contributed by atoms with Crippen LogP contribution in [0.5, 0.6) is 11.5 Å². The molecule has 1 saturated heterocycles. The molecule has 1 N–H and O–H groups in total. The van der Waals surface area contributed by atoms with Crippen molar-refractivity contribution in [2.45, 2.75) is 0 Å². The normalized spacial score (nSPS) is 18.3. The minimum Gasteiger partial charge on any atom is -0.454 e. The number of hydrogen-bond donors (Lipinski definition) is 1. The van der Waals surface area contributed by atoms with Crippen LogP contribution in [0.1, 0.15) is 5.56 Å². The lowest BCUT2D eigenvalue weighted by molar-refractivity contribution is -0.122. The summed E-state index contributed by atoms with van der Waals surface area (Å²) >= 11 is 3.40. The Bertz CT molecular complexity index is 684. The van der Waals surface area contributed by atoms with E-state index in [2.05, 4.69) is 27.8 Å². The highest BCUT2D eigenvalue weighted by molar-refractivity contribution is 9.10. The number of ether oxygens (including phenoxy) is 2. The van der Waals surface area contributed by atoms with E-state index in [0.29, 0.717) is 17.1 Å². The van der Waals surface area contributed by atoms with Gasteiger partial charge in [-0.05, 0) is 23.8 Å². The van der Waals surface area contributed by atoms with Crippen LogP contribution in [-0.4, -0.2) is 30.2 Å². The van der Waals surface area contributed by atoms with E-state index in [9.17, 15) is 9.59 Å². The van der Waals surface area contributed by atoms with Gasteiger partial charge in [-0.25, -0.2) is 4.79 Å². The molecule has 21 heavy (non-hydrogen) atoms. The number of urea groups is 1. The SMILES string of the molecule is C=CCN1C(=O)N/C(=C\c2cc3c(cc2Br)OCO3)C1=O. The van der Waals surface area contributed by atoms with Crippen LogP contribution in [0.15, 0.2) is 35.0 Å². The number of carbonyl (C=O) groups is 2. The molecule has 0 radical (unpaired) electrons. The maximum atomic E-state index is 12.1. The van der Waals surface area contributed by atoms with E-state index in [1.54, 1.807) is 18.2 Å². The van der Waals surface area contributed by atoms with Crippen molar-refractivity contribution in [1.29, 1.82) is 0 Å². The lowest BCUT2D eigenvalue weighted by atomic mass is 10.1. The first-order valence-electron chi connectivity index (χ1n) is 6.14. The van der Waals surface area contributed by atoms with Crippen LogP contribution in [0.2, 0.25) is 0 Å². The summed E-state index contributed by atoms with van der Waals surface area (Å²) in [7, 11) is 0. The Morgan fingerprint density at radius 2 is 2.05 bits per heavy atom. The highest BCUT2D eigenvalue weighted by atomic mass is 79.9. The second kappa shape index (κ2) is 5.25. The Hall–Kier alpha value is -2.28. The highest BCUT2D eigenvalue weighted by Gasteiger charge is 2.32. The molecule has 1 aromatic rings. The van der Waals surface area contributed by atoms with Gasteiger partial charge in [-0.1, -0.05) is 22.0 Å². The fraction of sp³-hybridized carbons (Fsp3) is 0.143. The first-order valence-corrected chi connectivity index (χ1v) is 6.94. The molecule has 1 aromatic carbocycles. The lowest BCUT2D eigenvalue weighted by Gasteiger charge is -2.07. The molecule has 2 heterocycles. The topological polar surface area (TPSA) is 67.9 Å². The van der Waals surface area contributed by atoms with Crippen LogP contribution >= 0.6 is 15.9 Å². The van der Waals surface area contributed by atoms with Gasteiger partial charge in [-0.3, -0.25) is 9.69 Å². The summed E-state index contributed by atoms with van der Waals surface area (Å²) in [6.07, 6.45) is 3.09. The van der Waals surface area contributed by atoms with Gasteiger partial charge in [0.05, 0.1) is 0 Å². The van der Waals surface area contributed by atoms with Crippen LogP contribution < -0.4 is 14.8 Å². The zero-order valence-electron chi connectivity index (χ0n) is 10.9. The van der Waals surface area contributed by atoms with E-state index in [1.165, 1.54) is 6.08 Å².